The van der Waals surface area contributed by atoms with Crippen LogP contribution in [0.5, 0.6) is 5.88 Å². The lowest BCUT2D eigenvalue weighted by Crippen LogP contribution is -2.28. The van der Waals surface area contributed by atoms with Crippen molar-refractivity contribution in [1.82, 2.24) is 14.5 Å². The first-order chi connectivity index (χ1) is 13.7. The van der Waals surface area contributed by atoms with Crippen LogP contribution in [-0.4, -0.2) is 51.7 Å². The third-order valence-corrected chi connectivity index (χ3v) is 5.29. The van der Waals surface area contributed by atoms with E-state index in [1.54, 1.807) is 7.11 Å². The second-order valence-corrected chi connectivity index (χ2v) is 8.20. The van der Waals surface area contributed by atoms with Crippen LogP contribution in [0, 0.1) is 5.92 Å². The average molecular weight is 404 g/mol. The molecule has 0 spiro atoms. The van der Waals surface area contributed by atoms with E-state index in [-0.39, 0.29) is 36.1 Å². The largest absolute Gasteiger partial charge is 0.480 e. The van der Waals surface area contributed by atoms with Crippen LogP contribution < -0.4 is 10.1 Å². The molecule has 4 rings (SSSR count). The Morgan fingerprint density at radius 1 is 1.31 bits per heavy atom. The standard InChI is InChI=1S/C20H28N4O5/c1-7-12-13-14(29-20(4,5)28-13)18(27-12)24-9-8-11-15(24)21-19(23-17(11)26-6)22-16(25)10(2)3/h8-10,12-14,18H,7H2,1-6H3,(H,21,22,23,25)/t12-,13-,14-,18-/m1/s1. The molecule has 0 aliphatic carbocycles. The van der Waals surface area contributed by atoms with Gasteiger partial charge in [0, 0.05) is 12.1 Å². The normalized spacial score (nSPS) is 28.1. The summed E-state index contributed by atoms with van der Waals surface area (Å²) < 4.78 is 25.9. The molecule has 4 heterocycles. The molecular formula is C20H28N4O5. The van der Waals surface area contributed by atoms with Gasteiger partial charge < -0.3 is 23.5 Å². The molecule has 1 amide bonds. The fourth-order valence-corrected chi connectivity index (χ4v) is 3.89. The highest BCUT2D eigenvalue weighted by molar-refractivity contribution is 5.92. The lowest BCUT2D eigenvalue weighted by molar-refractivity contribution is -0.196. The molecule has 9 nitrogen and oxygen atoms in total. The zero-order valence-corrected chi connectivity index (χ0v) is 17.6. The number of nitrogens with zero attached hydrogens (tertiary/aromatic N) is 3. The van der Waals surface area contributed by atoms with Gasteiger partial charge in [-0.2, -0.15) is 9.97 Å². The van der Waals surface area contributed by atoms with Gasteiger partial charge in [-0.25, -0.2) is 0 Å². The Kier molecular flexibility index (Phi) is 5.00. The van der Waals surface area contributed by atoms with Crippen LogP contribution in [0.2, 0.25) is 0 Å². The van der Waals surface area contributed by atoms with Gasteiger partial charge in [-0.1, -0.05) is 20.8 Å². The lowest BCUT2D eigenvalue weighted by Gasteiger charge is -2.24. The van der Waals surface area contributed by atoms with E-state index in [4.69, 9.17) is 18.9 Å². The maximum absolute atomic E-state index is 12.1. The van der Waals surface area contributed by atoms with Crippen molar-refractivity contribution in [2.75, 3.05) is 12.4 Å². The summed E-state index contributed by atoms with van der Waals surface area (Å²) in [5.74, 6) is -0.446. The van der Waals surface area contributed by atoms with Crippen LogP contribution >= 0.6 is 0 Å². The molecule has 0 unspecified atom stereocenters. The number of hydrogen-bond acceptors (Lipinski definition) is 7. The van der Waals surface area contributed by atoms with Crippen LogP contribution in [0.1, 0.15) is 47.3 Å². The van der Waals surface area contributed by atoms with E-state index in [1.165, 1.54) is 0 Å². The third-order valence-electron chi connectivity index (χ3n) is 5.29. The first-order valence-corrected chi connectivity index (χ1v) is 9.98. The monoisotopic (exact) mass is 404 g/mol. The van der Waals surface area contributed by atoms with Crippen molar-refractivity contribution in [3.63, 3.8) is 0 Å². The number of amides is 1. The number of methoxy groups -OCH3 is 1. The third kappa shape index (κ3) is 3.47. The molecule has 0 aromatic carbocycles. The van der Waals surface area contributed by atoms with Gasteiger partial charge in [0.1, 0.15) is 12.2 Å². The Morgan fingerprint density at radius 2 is 2.03 bits per heavy atom. The minimum absolute atomic E-state index is 0.0759. The minimum Gasteiger partial charge on any atom is -0.480 e. The maximum Gasteiger partial charge on any atom is 0.234 e. The van der Waals surface area contributed by atoms with E-state index in [1.807, 2.05) is 44.5 Å². The zero-order valence-electron chi connectivity index (χ0n) is 17.6. The number of nitrogens with one attached hydrogen (secondary N) is 1. The summed E-state index contributed by atoms with van der Waals surface area (Å²) in [5.41, 5.74) is 0.602. The van der Waals surface area contributed by atoms with Crippen LogP contribution in [0.3, 0.4) is 0 Å². The molecule has 2 aliphatic heterocycles. The second-order valence-electron chi connectivity index (χ2n) is 8.20. The van der Waals surface area contributed by atoms with Crippen molar-refractivity contribution in [2.45, 2.75) is 71.4 Å². The molecule has 9 heteroatoms. The number of aromatic nitrogens is 3. The van der Waals surface area contributed by atoms with Gasteiger partial charge in [0.2, 0.25) is 17.7 Å². The molecule has 158 valence electrons. The first-order valence-electron chi connectivity index (χ1n) is 9.98. The fourth-order valence-electron chi connectivity index (χ4n) is 3.89. The number of fused-ring (bicyclic) bond motifs is 2. The van der Waals surface area contributed by atoms with Crippen LogP contribution in [0.25, 0.3) is 11.0 Å². The number of anilines is 1. The summed E-state index contributed by atoms with van der Waals surface area (Å²) >= 11 is 0. The summed E-state index contributed by atoms with van der Waals surface area (Å²) in [7, 11) is 1.54. The molecule has 1 N–H and O–H groups in total. The van der Waals surface area contributed by atoms with Crippen LogP contribution in [0.4, 0.5) is 5.95 Å². The van der Waals surface area contributed by atoms with E-state index in [0.29, 0.717) is 11.5 Å². The predicted octanol–water partition coefficient (Wildman–Crippen LogP) is 2.86. The highest BCUT2D eigenvalue weighted by Crippen LogP contribution is 2.45. The quantitative estimate of drug-likeness (QED) is 0.818. The van der Waals surface area contributed by atoms with Crippen molar-refractivity contribution in [2.24, 2.45) is 5.92 Å². The minimum atomic E-state index is -0.670. The Hall–Kier alpha value is -2.23. The Bertz CT molecular complexity index is 925. The van der Waals surface area contributed by atoms with Gasteiger partial charge in [-0.3, -0.25) is 10.1 Å². The molecule has 0 bridgehead atoms. The van der Waals surface area contributed by atoms with Crippen LogP contribution in [0.15, 0.2) is 12.3 Å². The first kappa shape index (κ1) is 20.1. The van der Waals surface area contributed by atoms with Crippen molar-refractivity contribution < 1.29 is 23.7 Å². The van der Waals surface area contributed by atoms with Crippen molar-refractivity contribution >= 4 is 22.9 Å². The second kappa shape index (κ2) is 7.23. The zero-order chi connectivity index (χ0) is 20.9. The van der Waals surface area contributed by atoms with E-state index in [9.17, 15) is 4.79 Å². The van der Waals surface area contributed by atoms with E-state index in [2.05, 4.69) is 22.2 Å². The number of ether oxygens (including phenoxy) is 4. The Morgan fingerprint density at radius 3 is 2.69 bits per heavy atom. The molecule has 2 fully saturated rings. The average Bonchev–Trinajstić information content (AvgIpc) is 3.31. The summed E-state index contributed by atoms with van der Waals surface area (Å²) in [6.45, 7) is 9.51. The number of hydrogen-bond donors (Lipinski definition) is 1. The molecule has 2 aliphatic rings. The Balaban J connectivity index is 1.75. The van der Waals surface area contributed by atoms with Gasteiger partial charge in [0.15, 0.2) is 17.7 Å². The molecule has 2 aromatic heterocycles. The predicted molar refractivity (Wildman–Crippen MR) is 106 cm³/mol. The molecule has 4 atom stereocenters. The van der Waals surface area contributed by atoms with Gasteiger partial charge >= 0.3 is 0 Å². The van der Waals surface area contributed by atoms with Crippen molar-refractivity contribution in [1.29, 1.82) is 0 Å². The van der Waals surface area contributed by atoms with Gasteiger partial charge in [0.05, 0.1) is 18.6 Å². The van der Waals surface area contributed by atoms with Gasteiger partial charge in [-0.05, 0) is 26.3 Å². The number of carbonyl (C=O) groups is 1. The molecular weight excluding hydrogens is 376 g/mol. The Labute approximate surface area is 169 Å². The smallest absolute Gasteiger partial charge is 0.234 e. The SMILES string of the molecule is CC[C@H]1O[C@@H](n2ccc3c(OC)nc(NC(=O)C(C)C)nc32)[C@@H]2OC(C)(C)O[C@@H]21. The van der Waals surface area contributed by atoms with Gasteiger partial charge in [-0.15, -0.1) is 0 Å². The van der Waals surface area contributed by atoms with Crippen molar-refractivity contribution in [3.8, 4) is 5.88 Å². The highest BCUT2D eigenvalue weighted by Gasteiger charge is 2.55. The highest BCUT2D eigenvalue weighted by atomic mass is 16.8. The molecule has 0 radical (unpaired) electrons. The summed E-state index contributed by atoms with van der Waals surface area (Å²) in [6, 6.07) is 1.88. The summed E-state index contributed by atoms with van der Waals surface area (Å²) in [5, 5.41) is 3.47. The van der Waals surface area contributed by atoms with E-state index in [0.717, 1.165) is 11.8 Å². The topological polar surface area (TPSA) is 96.7 Å². The lowest BCUT2D eigenvalue weighted by atomic mass is 10.1. The molecule has 2 saturated heterocycles. The number of carbonyl (C=O) groups excluding carboxylic acids is 1. The molecule has 2 aromatic rings. The molecule has 0 saturated carbocycles. The van der Waals surface area contributed by atoms with E-state index < -0.39 is 12.0 Å². The summed E-state index contributed by atoms with van der Waals surface area (Å²) in [4.78, 5) is 21.0. The van der Waals surface area contributed by atoms with Crippen LogP contribution in [-0.2, 0) is 19.0 Å². The number of rotatable bonds is 5. The maximum atomic E-state index is 12.1. The van der Waals surface area contributed by atoms with Crippen molar-refractivity contribution in [3.05, 3.63) is 12.3 Å². The van der Waals surface area contributed by atoms with E-state index >= 15 is 0 Å². The fraction of sp³-hybridized carbons (Fsp3) is 0.650. The van der Waals surface area contributed by atoms with Gasteiger partial charge in [0.25, 0.3) is 0 Å². The molecule has 29 heavy (non-hydrogen) atoms. The summed E-state index contributed by atoms with van der Waals surface area (Å²) in [6.07, 6.45) is 1.79.